The predicted octanol–water partition coefficient (Wildman–Crippen LogP) is 2.37. The molecule has 0 amide bonds. The lowest BCUT2D eigenvalue weighted by molar-refractivity contribution is 0.559. The highest BCUT2D eigenvalue weighted by atomic mass is 15.0. The van der Waals surface area contributed by atoms with Gasteiger partial charge in [0.25, 0.3) is 0 Å². The first-order valence-corrected chi connectivity index (χ1v) is 6.03. The largest absolute Gasteiger partial charge is 0.309 e. The number of terminal acetylenes is 1. The normalized spacial score (nSPS) is 12.0. The number of hydrogen-bond donors (Lipinski definition) is 1. The Morgan fingerprint density at radius 1 is 1.39 bits per heavy atom. The summed E-state index contributed by atoms with van der Waals surface area (Å²) in [5.41, 5.74) is 2.37. The van der Waals surface area contributed by atoms with Crippen LogP contribution in [0, 0.1) is 12.3 Å². The lowest BCUT2D eigenvalue weighted by Crippen LogP contribution is -2.24. The number of nitrogens with one attached hydrogen (secondary N) is 1. The molecule has 0 aliphatic rings. The molecule has 1 aromatic heterocycles. The maximum atomic E-state index is 5.27. The molecule has 0 aliphatic carbocycles. The van der Waals surface area contributed by atoms with Crippen LogP contribution in [-0.2, 0) is 6.54 Å². The van der Waals surface area contributed by atoms with Gasteiger partial charge >= 0.3 is 0 Å². The van der Waals surface area contributed by atoms with Gasteiger partial charge in [-0.1, -0.05) is 12.1 Å². The van der Waals surface area contributed by atoms with Crippen LogP contribution in [-0.4, -0.2) is 15.6 Å². The summed E-state index contributed by atoms with van der Waals surface area (Å²) in [7, 11) is 0. The Morgan fingerprint density at radius 3 is 2.78 bits per heavy atom. The zero-order chi connectivity index (χ0) is 12.8. The minimum atomic E-state index is 0.350. The van der Waals surface area contributed by atoms with E-state index in [0.29, 0.717) is 6.04 Å². The number of rotatable bonds is 5. The number of aromatic nitrogens is 2. The molecular weight excluding hydrogens is 222 g/mol. The molecule has 0 saturated heterocycles. The molecule has 3 heteroatoms. The third kappa shape index (κ3) is 3.22. The highest BCUT2D eigenvalue weighted by molar-refractivity contribution is 5.34. The molecule has 1 heterocycles. The van der Waals surface area contributed by atoms with E-state index in [4.69, 9.17) is 6.42 Å². The number of benzene rings is 1. The molecule has 0 radical (unpaired) electrons. The number of imidazole rings is 1. The van der Waals surface area contributed by atoms with Crippen molar-refractivity contribution >= 4 is 0 Å². The number of hydrogen-bond acceptors (Lipinski definition) is 2. The van der Waals surface area contributed by atoms with E-state index in [2.05, 4.69) is 47.4 Å². The third-order valence-electron chi connectivity index (χ3n) is 2.82. The maximum Gasteiger partial charge on any atom is 0.0991 e. The fourth-order valence-corrected chi connectivity index (χ4v) is 1.74. The standard InChI is InChI=1S/C15H17N3/c1-3-4-13(2)17-11-14-5-7-15(8-6-14)18-10-9-16-12-18/h1,5-10,12-13,17H,4,11H2,2H3. The van der Waals surface area contributed by atoms with E-state index in [-0.39, 0.29) is 0 Å². The quantitative estimate of drug-likeness (QED) is 0.812. The van der Waals surface area contributed by atoms with Crippen molar-refractivity contribution in [1.29, 1.82) is 0 Å². The van der Waals surface area contributed by atoms with Crippen molar-refractivity contribution < 1.29 is 0 Å². The second-order valence-electron chi connectivity index (χ2n) is 4.33. The summed E-state index contributed by atoms with van der Waals surface area (Å²) in [6.07, 6.45) is 11.5. The Hall–Kier alpha value is -2.05. The molecule has 2 rings (SSSR count). The molecule has 0 bridgehead atoms. The van der Waals surface area contributed by atoms with E-state index in [0.717, 1.165) is 18.7 Å². The predicted molar refractivity (Wildman–Crippen MR) is 73.3 cm³/mol. The number of nitrogens with zero attached hydrogens (tertiary/aromatic N) is 2. The molecule has 18 heavy (non-hydrogen) atoms. The van der Waals surface area contributed by atoms with E-state index in [9.17, 15) is 0 Å². The Kier molecular flexibility index (Phi) is 4.16. The van der Waals surface area contributed by atoms with Crippen molar-refractivity contribution in [1.82, 2.24) is 14.9 Å². The Balaban J connectivity index is 1.94. The van der Waals surface area contributed by atoms with Gasteiger partial charge in [0.1, 0.15) is 0 Å². The van der Waals surface area contributed by atoms with Crippen LogP contribution in [0.25, 0.3) is 5.69 Å². The van der Waals surface area contributed by atoms with Crippen molar-refractivity contribution in [2.45, 2.75) is 25.9 Å². The second kappa shape index (κ2) is 6.04. The molecule has 3 nitrogen and oxygen atoms in total. The zero-order valence-electron chi connectivity index (χ0n) is 10.5. The second-order valence-corrected chi connectivity index (χ2v) is 4.33. The van der Waals surface area contributed by atoms with Gasteiger partial charge in [0.05, 0.1) is 6.33 Å². The molecular formula is C15H17N3. The fraction of sp³-hybridized carbons (Fsp3) is 0.267. The van der Waals surface area contributed by atoms with E-state index >= 15 is 0 Å². The molecule has 0 fully saturated rings. The first-order chi connectivity index (χ1) is 8.79. The zero-order valence-corrected chi connectivity index (χ0v) is 10.5. The summed E-state index contributed by atoms with van der Waals surface area (Å²) in [6.45, 7) is 2.94. The topological polar surface area (TPSA) is 29.9 Å². The van der Waals surface area contributed by atoms with Crippen LogP contribution in [0.1, 0.15) is 18.9 Å². The molecule has 0 saturated carbocycles. The fourth-order valence-electron chi connectivity index (χ4n) is 1.74. The van der Waals surface area contributed by atoms with Gasteiger partial charge in [-0.25, -0.2) is 4.98 Å². The van der Waals surface area contributed by atoms with Crippen LogP contribution in [0.5, 0.6) is 0 Å². The first kappa shape index (κ1) is 12.4. The minimum absolute atomic E-state index is 0.350. The van der Waals surface area contributed by atoms with Crippen LogP contribution in [0.4, 0.5) is 0 Å². The highest BCUT2D eigenvalue weighted by Crippen LogP contribution is 2.09. The molecule has 0 spiro atoms. The van der Waals surface area contributed by atoms with Crippen LogP contribution in [0.3, 0.4) is 0 Å². The molecule has 0 aliphatic heterocycles. The van der Waals surface area contributed by atoms with Crippen LogP contribution in [0.2, 0.25) is 0 Å². The maximum absolute atomic E-state index is 5.27. The molecule has 2 aromatic rings. The third-order valence-corrected chi connectivity index (χ3v) is 2.82. The smallest absolute Gasteiger partial charge is 0.0991 e. The van der Waals surface area contributed by atoms with Gasteiger partial charge in [-0.3, -0.25) is 0 Å². The van der Waals surface area contributed by atoms with Crippen molar-refractivity contribution in [3.8, 4) is 18.0 Å². The van der Waals surface area contributed by atoms with E-state index < -0.39 is 0 Å². The van der Waals surface area contributed by atoms with Gasteiger partial charge in [-0.2, -0.15) is 0 Å². The van der Waals surface area contributed by atoms with E-state index in [1.807, 2.05) is 10.8 Å². The van der Waals surface area contributed by atoms with Gasteiger partial charge in [-0.15, -0.1) is 12.3 Å². The van der Waals surface area contributed by atoms with Crippen molar-refractivity contribution in [3.05, 3.63) is 48.5 Å². The van der Waals surface area contributed by atoms with Gasteiger partial charge < -0.3 is 9.88 Å². The SMILES string of the molecule is C#CCC(C)NCc1ccc(-n2ccnc2)cc1. The lowest BCUT2D eigenvalue weighted by Gasteiger charge is -2.11. The summed E-state index contributed by atoms with van der Waals surface area (Å²) < 4.78 is 1.98. The van der Waals surface area contributed by atoms with E-state index in [1.54, 1.807) is 12.5 Å². The van der Waals surface area contributed by atoms with Crippen LogP contribution >= 0.6 is 0 Å². The monoisotopic (exact) mass is 239 g/mol. The Bertz CT molecular complexity index is 506. The average Bonchev–Trinajstić information content (AvgIpc) is 2.91. The average molecular weight is 239 g/mol. The summed E-state index contributed by atoms with van der Waals surface area (Å²) in [6, 6.07) is 8.76. The summed E-state index contributed by atoms with van der Waals surface area (Å²) in [5, 5.41) is 3.39. The highest BCUT2D eigenvalue weighted by Gasteiger charge is 2.00. The van der Waals surface area contributed by atoms with Crippen molar-refractivity contribution in [2.24, 2.45) is 0 Å². The lowest BCUT2D eigenvalue weighted by atomic mass is 10.2. The van der Waals surface area contributed by atoms with Gasteiger partial charge in [0.15, 0.2) is 0 Å². The van der Waals surface area contributed by atoms with Gasteiger partial charge in [0.2, 0.25) is 0 Å². The van der Waals surface area contributed by atoms with Gasteiger partial charge in [-0.05, 0) is 24.6 Å². The molecule has 92 valence electrons. The summed E-state index contributed by atoms with van der Waals surface area (Å²) >= 11 is 0. The molecule has 1 atom stereocenters. The minimum Gasteiger partial charge on any atom is -0.309 e. The summed E-state index contributed by atoms with van der Waals surface area (Å²) in [5.74, 6) is 2.66. The Morgan fingerprint density at radius 2 is 2.17 bits per heavy atom. The molecule has 1 aromatic carbocycles. The van der Waals surface area contributed by atoms with Gasteiger partial charge in [0, 0.05) is 37.1 Å². The van der Waals surface area contributed by atoms with Crippen molar-refractivity contribution in [2.75, 3.05) is 0 Å². The Labute approximate surface area is 108 Å². The molecule has 1 unspecified atom stereocenters. The van der Waals surface area contributed by atoms with Crippen molar-refractivity contribution in [3.63, 3.8) is 0 Å². The van der Waals surface area contributed by atoms with Crippen LogP contribution < -0.4 is 5.32 Å². The summed E-state index contributed by atoms with van der Waals surface area (Å²) in [4.78, 5) is 4.03. The molecule has 1 N–H and O–H groups in total. The van der Waals surface area contributed by atoms with Crippen LogP contribution in [0.15, 0.2) is 43.0 Å². The first-order valence-electron chi connectivity index (χ1n) is 6.03. The van der Waals surface area contributed by atoms with E-state index in [1.165, 1.54) is 5.56 Å².